The highest BCUT2D eigenvalue weighted by Gasteiger charge is 2.06. The molecular weight excluding hydrogens is 258 g/mol. The van der Waals surface area contributed by atoms with Crippen LogP contribution in [0.15, 0.2) is 22.7 Å². The molecular formula is C13H19N5O2. The fourth-order valence-electron chi connectivity index (χ4n) is 1.56. The number of aromatic nitrogens is 3. The average molecular weight is 277 g/mol. The van der Waals surface area contributed by atoms with Crippen LogP contribution in [0.1, 0.15) is 26.2 Å². The van der Waals surface area contributed by atoms with Gasteiger partial charge in [-0.15, -0.1) is 5.10 Å². The Kier molecular flexibility index (Phi) is 5.31. The molecule has 2 aromatic rings. The van der Waals surface area contributed by atoms with E-state index in [1.54, 1.807) is 12.3 Å². The van der Waals surface area contributed by atoms with E-state index >= 15 is 0 Å². The van der Waals surface area contributed by atoms with E-state index in [1.165, 1.54) is 0 Å². The SMILES string of the molecule is CCCNCc1nnc(Nc2ccc(OCC)nc2)o1. The van der Waals surface area contributed by atoms with E-state index < -0.39 is 0 Å². The zero-order valence-corrected chi connectivity index (χ0v) is 11.7. The largest absolute Gasteiger partial charge is 0.478 e. The van der Waals surface area contributed by atoms with Crippen molar-refractivity contribution in [1.82, 2.24) is 20.5 Å². The van der Waals surface area contributed by atoms with Gasteiger partial charge in [0.25, 0.3) is 0 Å². The lowest BCUT2D eigenvalue weighted by Crippen LogP contribution is -2.13. The van der Waals surface area contributed by atoms with Gasteiger partial charge in [0.15, 0.2) is 0 Å². The molecule has 0 aromatic carbocycles. The topological polar surface area (TPSA) is 85.1 Å². The van der Waals surface area contributed by atoms with Gasteiger partial charge in [-0.3, -0.25) is 0 Å². The van der Waals surface area contributed by atoms with Gasteiger partial charge in [-0.25, -0.2) is 4.98 Å². The van der Waals surface area contributed by atoms with Gasteiger partial charge in [0, 0.05) is 6.07 Å². The lowest BCUT2D eigenvalue weighted by molar-refractivity contribution is 0.327. The number of rotatable bonds is 8. The molecule has 2 N–H and O–H groups in total. The van der Waals surface area contributed by atoms with Crippen LogP contribution < -0.4 is 15.4 Å². The van der Waals surface area contributed by atoms with Gasteiger partial charge >= 0.3 is 6.01 Å². The van der Waals surface area contributed by atoms with Crippen molar-refractivity contribution < 1.29 is 9.15 Å². The third-order valence-corrected chi connectivity index (χ3v) is 2.45. The minimum atomic E-state index is 0.351. The lowest BCUT2D eigenvalue weighted by Gasteiger charge is -2.03. The molecule has 0 aliphatic rings. The summed E-state index contributed by atoms with van der Waals surface area (Å²) in [5.41, 5.74) is 0.769. The smallest absolute Gasteiger partial charge is 0.320 e. The highest BCUT2D eigenvalue weighted by molar-refractivity contribution is 5.50. The minimum absolute atomic E-state index is 0.351. The maximum atomic E-state index is 5.46. The molecule has 7 nitrogen and oxygen atoms in total. The number of anilines is 2. The number of pyridine rings is 1. The summed E-state index contributed by atoms with van der Waals surface area (Å²) < 4.78 is 10.7. The number of ether oxygens (including phenoxy) is 1. The fraction of sp³-hybridized carbons (Fsp3) is 0.462. The molecule has 0 saturated heterocycles. The minimum Gasteiger partial charge on any atom is -0.478 e. The summed E-state index contributed by atoms with van der Waals surface area (Å²) in [5, 5.41) is 14.1. The number of nitrogens with one attached hydrogen (secondary N) is 2. The van der Waals surface area contributed by atoms with Gasteiger partial charge in [-0.2, -0.15) is 0 Å². The van der Waals surface area contributed by atoms with Gasteiger partial charge in [-0.1, -0.05) is 12.0 Å². The van der Waals surface area contributed by atoms with Crippen LogP contribution in [-0.2, 0) is 6.54 Å². The van der Waals surface area contributed by atoms with Crippen LogP contribution in [0.5, 0.6) is 5.88 Å². The van der Waals surface area contributed by atoms with Crippen LogP contribution >= 0.6 is 0 Å². The summed E-state index contributed by atoms with van der Waals surface area (Å²) in [6.45, 7) is 6.11. The Balaban J connectivity index is 1.89. The zero-order chi connectivity index (χ0) is 14.2. The van der Waals surface area contributed by atoms with Crippen molar-refractivity contribution in [1.29, 1.82) is 0 Å². The first-order chi connectivity index (χ1) is 9.81. The van der Waals surface area contributed by atoms with Crippen molar-refractivity contribution in [3.8, 4) is 5.88 Å². The Bertz CT molecular complexity index is 512. The van der Waals surface area contributed by atoms with E-state index in [0.29, 0.717) is 30.9 Å². The van der Waals surface area contributed by atoms with Crippen LogP contribution in [0.4, 0.5) is 11.7 Å². The molecule has 0 amide bonds. The van der Waals surface area contributed by atoms with Crippen LogP contribution in [0, 0.1) is 0 Å². The fourth-order valence-corrected chi connectivity index (χ4v) is 1.56. The molecule has 7 heteroatoms. The van der Waals surface area contributed by atoms with E-state index in [4.69, 9.17) is 9.15 Å². The quantitative estimate of drug-likeness (QED) is 0.715. The molecule has 20 heavy (non-hydrogen) atoms. The molecule has 0 spiro atoms. The second-order valence-electron chi connectivity index (χ2n) is 4.12. The Morgan fingerprint density at radius 2 is 2.15 bits per heavy atom. The Labute approximate surface area is 117 Å². The molecule has 0 aliphatic carbocycles. The summed E-state index contributed by atoms with van der Waals surface area (Å²) in [4.78, 5) is 4.15. The first-order valence-electron chi connectivity index (χ1n) is 6.70. The van der Waals surface area contributed by atoms with Gasteiger partial charge in [-0.05, 0) is 26.0 Å². The van der Waals surface area contributed by atoms with E-state index in [0.717, 1.165) is 18.7 Å². The maximum absolute atomic E-state index is 5.46. The number of nitrogens with zero attached hydrogens (tertiary/aromatic N) is 3. The molecule has 0 bridgehead atoms. The lowest BCUT2D eigenvalue weighted by atomic mass is 10.4. The molecule has 2 heterocycles. The highest BCUT2D eigenvalue weighted by atomic mass is 16.5. The van der Waals surface area contributed by atoms with Gasteiger partial charge in [0.2, 0.25) is 11.8 Å². The Hall–Kier alpha value is -2.15. The normalized spacial score (nSPS) is 10.5. The molecule has 0 radical (unpaired) electrons. The standard InChI is InChI=1S/C13H19N5O2/c1-3-7-14-9-12-17-18-13(20-12)16-10-5-6-11(15-8-10)19-4-2/h5-6,8,14H,3-4,7,9H2,1-2H3,(H,16,18). The molecule has 0 unspecified atom stereocenters. The molecule has 108 valence electrons. The number of hydrogen-bond donors (Lipinski definition) is 2. The molecule has 0 fully saturated rings. The second kappa shape index (κ2) is 7.44. The third-order valence-electron chi connectivity index (χ3n) is 2.45. The summed E-state index contributed by atoms with van der Waals surface area (Å²) in [6, 6.07) is 3.98. The van der Waals surface area contributed by atoms with Crippen molar-refractivity contribution in [2.75, 3.05) is 18.5 Å². The van der Waals surface area contributed by atoms with E-state index in [1.807, 2.05) is 13.0 Å². The molecule has 0 aliphatic heterocycles. The van der Waals surface area contributed by atoms with Crippen LogP contribution in [0.2, 0.25) is 0 Å². The van der Waals surface area contributed by atoms with E-state index in [-0.39, 0.29) is 0 Å². The Morgan fingerprint density at radius 1 is 1.25 bits per heavy atom. The summed E-state index contributed by atoms with van der Waals surface area (Å²) in [6.07, 6.45) is 2.72. The molecule has 2 aromatic heterocycles. The van der Waals surface area contributed by atoms with E-state index in [2.05, 4.69) is 32.7 Å². The van der Waals surface area contributed by atoms with Crippen molar-refractivity contribution in [2.24, 2.45) is 0 Å². The van der Waals surface area contributed by atoms with E-state index in [9.17, 15) is 0 Å². The zero-order valence-electron chi connectivity index (χ0n) is 11.7. The van der Waals surface area contributed by atoms with Crippen molar-refractivity contribution in [3.05, 3.63) is 24.2 Å². The van der Waals surface area contributed by atoms with Crippen LogP contribution in [-0.4, -0.2) is 28.3 Å². The van der Waals surface area contributed by atoms with Crippen LogP contribution in [0.3, 0.4) is 0 Å². The maximum Gasteiger partial charge on any atom is 0.320 e. The third kappa shape index (κ3) is 4.20. The molecule has 0 saturated carbocycles. The van der Waals surface area contributed by atoms with Crippen LogP contribution in [0.25, 0.3) is 0 Å². The Morgan fingerprint density at radius 3 is 2.85 bits per heavy atom. The van der Waals surface area contributed by atoms with Crippen molar-refractivity contribution in [2.45, 2.75) is 26.8 Å². The first-order valence-corrected chi connectivity index (χ1v) is 6.70. The monoisotopic (exact) mass is 277 g/mol. The summed E-state index contributed by atoms with van der Waals surface area (Å²) in [5.74, 6) is 1.15. The van der Waals surface area contributed by atoms with Crippen molar-refractivity contribution >= 4 is 11.7 Å². The van der Waals surface area contributed by atoms with Gasteiger partial charge in [0.05, 0.1) is 25.0 Å². The highest BCUT2D eigenvalue weighted by Crippen LogP contribution is 2.16. The van der Waals surface area contributed by atoms with Gasteiger partial charge < -0.3 is 19.8 Å². The van der Waals surface area contributed by atoms with Gasteiger partial charge in [0.1, 0.15) is 0 Å². The summed E-state index contributed by atoms with van der Waals surface area (Å²) in [7, 11) is 0. The predicted octanol–water partition coefficient (Wildman–Crippen LogP) is 2.11. The first kappa shape index (κ1) is 14.3. The molecule has 2 rings (SSSR count). The second-order valence-corrected chi connectivity index (χ2v) is 4.12. The van der Waals surface area contributed by atoms with Crippen molar-refractivity contribution in [3.63, 3.8) is 0 Å². The molecule has 0 atom stereocenters. The average Bonchev–Trinajstić information content (AvgIpc) is 2.89. The predicted molar refractivity (Wildman–Crippen MR) is 75.0 cm³/mol. The summed E-state index contributed by atoms with van der Waals surface area (Å²) >= 11 is 0. The number of hydrogen-bond acceptors (Lipinski definition) is 7.